The van der Waals surface area contributed by atoms with Crippen molar-refractivity contribution in [1.29, 1.82) is 0 Å². The van der Waals surface area contributed by atoms with E-state index in [4.69, 9.17) is 11.6 Å². The molecule has 6 nitrogen and oxygen atoms in total. The molecule has 0 radical (unpaired) electrons. The number of para-hydroxylation sites is 1. The number of thioether (sulfide) groups is 1. The van der Waals surface area contributed by atoms with Crippen molar-refractivity contribution in [3.05, 3.63) is 59.1 Å². The van der Waals surface area contributed by atoms with Crippen LogP contribution in [0.2, 0.25) is 5.02 Å². The van der Waals surface area contributed by atoms with Gasteiger partial charge in [0.2, 0.25) is 5.91 Å². The van der Waals surface area contributed by atoms with E-state index in [0.29, 0.717) is 23.7 Å². The lowest BCUT2D eigenvalue weighted by Gasteiger charge is -2.17. The summed E-state index contributed by atoms with van der Waals surface area (Å²) in [6.07, 6.45) is 0.689. The molecule has 0 aliphatic carbocycles. The van der Waals surface area contributed by atoms with E-state index in [1.807, 2.05) is 12.1 Å². The third-order valence-corrected chi connectivity index (χ3v) is 6.17. The first-order chi connectivity index (χ1) is 12.4. The molecule has 0 aromatic heterocycles. The monoisotopic (exact) mass is 409 g/mol. The van der Waals surface area contributed by atoms with Crippen LogP contribution in [-0.2, 0) is 21.2 Å². The highest BCUT2D eigenvalue weighted by atomic mass is 35.5. The lowest BCUT2D eigenvalue weighted by atomic mass is 10.1. The Bertz CT molecular complexity index is 944. The lowest BCUT2D eigenvalue weighted by molar-refractivity contribution is -0.118. The Balaban J connectivity index is 1.49. The van der Waals surface area contributed by atoms with E-state index < -0.39 is 10.0 Å². The Morgan fingerprint density at radius 3 is 2.65 bits per heavy atom. The second-order valence-corrected chi connectivity index (χ2v) is 8.48. The number of carbonyl (C=O) groups is 1. The first kappa shape index (κ1) is 18.8. The molecule has 26 heavy (non-hydrogen) atoms. The summed E-state index contributed by atoms with van der Waals surface area (Å²) >= 11 is 6.88. The van der Waals surface area contributed by atoms with Gasteiger partial charge in [-0.3, -0.25) is 4.79 Å². The van der Waals surface area contributed by atoms with Gasteiger partial charge in [-0.05, 0) is 36.2 Å². The van der Waals surface area contributed by atoms with Crippen LogP contribution in [0.3, 0.4) is 0 Å². The predicted octanol–water partition coefficient (Wildman–Crippen LogP) is 2.90. The molecule has 2 aromatic rings. The minimum Gasteiger partial charge on any atom is -0.355 e. The molecule has 1 aliphatic rings. The molecule has 1 heterocycles. The van der Waals surface area contributed by atoms with Gasteiger partial charge in [0.1, 0.15) is 4.90 Å². The second kappa shape index (κ2) is 8.11. The molecule has 136 valence electrons. The van der Waals surface area contributed by atoms with Gasteiger partial charge in [-0.15, -0.1) is 4.40 Å². The van der Waals surface area contributed by atoms with Crippen molar-refractivity contribution in [2.24, 2.45) is 4.40 Å². The zero-order valence-corrected chi connectivity index (χ0v) is 16.0. The van der Waals surface area contributed by atoms with E-state index in [1.54, 1.807) is 30.3 Å². The second-order valence-electron chi connectivity index (χ2n) is 5.51. The number of hydrogen-bond acceptors (Lipinski definition) is 5. The summed E-state index contributed by atoms with van der Waals surface area (Å²) in [4.78, 5) is 12.1. The van der Waals surface area contributed by atoms with Crippen molar-refractivity contribution in [3.8, 4) is 0 Å². The largest absolute Gasteiger partial charge is 0.355 e. The maximum absolute atomic E-state index is 12.1. The molecule has 0 saturated carbocycles. The Morgan fingerprint density at radius 2 is 1.88 bits per heavy atom. The van der Waals surface area contributed by atoms with E-state index in [-0.39, 0.29) is 21.7 Å². The Morgan fingerprint density at radius 1 is 1.15 bits per heavy atom. The summed E-state index contributed by atoms with van der Waals surface area (Å²) in [5, 5.41) is 6.60. The normalized spacial score (nSPS) is 14.7. The molecule has 2 N–H and O–H groups in total. The Kier molecular flexibility index (Phi) is 5.85. The van der Waals surface area contributed by atoms with Crippen LogP contribution in [-0.4, -0.2) is 31.8 Å². The lowest BCUT2D eigenvalue weighted by Crippen LogP contribution is -2.29. The zero-order chi connectivity index (χ0) is 18.6. The molecule has 0 unspecified atom stereocenters. The van der Waals surface area contributed by atoms with E-state index >= 15 is 0 Å². The molecule has 0 spiro atoms. The van der Waals surface area contributed by atoms with Gasteiger partial charge in [0.25, 0.3) is 10.0 Å². The standard InChI is InChI=1S/C17H16ClN3O3S2/c18-13-7-5-12(6-8-13)9-10-19-16(22)11-25-17-20-14-3-1-2-4-15(14)26(23,24)21-17/h1-8H,9-11H2,(H,19,22)(H,20,21). The Labute approximate surface area is 161 Å². The number of nitrogens with zero attached hydrogens (tertiary/aromatic N) is 1. The molecule has 9 heteroatoms. The smallest absolute Gasteiger partial charge is 0.286 e. The van der Waals surface area contributed by atoms with Crippen LogP contribution < -0.4 is 10.6 Å². The summed E-state index contributed by atoms with van der Waals surface area (Å²) in [6.45, 7) is 0.488. The number of anilines is 1. The fourth-order valence-corrected chi connectivity index (χ4v) is 4.53. The van der Waals surface area contributed by atoms with Gasteiger partial charge in [0, 0.05) is 11.6 Å². The van der Waals surface area contributed by atoms with Crippen molar-refractivity contribution in [2.45, 2.75) is 11.3 Å². The minimum atomic E-state index is -3.73. The summed E-state index contributed by atoms with van der Waals surface area (Å²) in [7, 11) is -3.73. The number of sulfonamides is 1. The molecule has 0 bridgehead atoms. The summed E-state index contributed by atoms with van der Waals surface area (Å²) < 4.78 is 28.0. The van der Waals surface area contributed by atoms with E-state index in [0.717, 1.165) is 17.3 Å². The highest BCUT2D eigenvalue weighted by Gasteiger charge is 2.24. The molecule has 0 fully saturated rings. The van der Waals surface area contributed by atoms with Crippen molar-refractivity contribution in [2.75, 3.05) is 17.6 Å². The number of amidine groups is 1. The van der Waals surface area contributed by atoms with Gasteiger partial charge in [0.05, 0.1) is 11.4 Å². The van der Waals surface area contributed by atoms with Gasteiger partial charge in [0.15, 0.2) is 5.17 Å². The first-order valence-corrected chi connectivity index (χ1v) is 10.6. The molecule has 0 saturated heterocycles. The molecule has 1 aliphatic heterocycles. The zero-order valence-electron chi connectivity index (χ0n) is 13.6. The number of benzene rings is 2. The maximum Gasteiger partial charge on any atom is 0.286 e. The third kappa shape index (κ3) is 4.78. The number of amides is 1. The number of fused-ring (bicyclic) bond motifs is 1. The fourth-order valence-electron chi connectivity index (χ4n) is 2.34. The van der Waals surface area contributed by atoms with Crippen molar-refractivity contribution < 1.29 is 13.2 Å². The van der Waals surface area contributed by atoms with Crippen LogP contribution in [0.15, 0.2) is 57.8 Å². The third-order valence-electron chi connectivity index (χ3n) is 3.60. The van der Waals surface area contributed by atoms with Crippen LogP contribution in [0.1, 0.15) is 5.56 Å². The highest BCUT2D eigenvalue weighted by molar-refractivity contribution is 8.15. The SMILES string of the molecule is O=C(CSC1=NS(=O)(=O)c2ccccc2N1)NCCc1ccc(Cl)cc1. The van der Waals surface area contributed by atoms with Gasteiger partial charge in [-0.1, -0.05) is 47.6 Å². The predicted molar refractivity (Wildman–Crippen MR) is 105 cm³/mol. The Hall–Kier alpha value is -2.03. The van der Waals surface area contributed by atoms with E-state index in [1.165, 1.54) is 6.07 Å². The van der Waals surface area contributed by atoms with E-state index in [2.05, 4.69) is 15.0 Å². The molecule has 2 aromatic carbocycles. The van der Waals surface area contributed by atoms with Gasteiger partial charge in [-0.25, -0.2) is 0 Å². The average Bonchev–Trinajstić information content (AvgIpc) is 2.61. The quantitative estimate of drug-likeness (QED) is 0.792. The van der Waals surface area contributed by atoms with Crippen LogP contribution in [0.25, 0.3) is 0 Å². The summed E-state index contributed by atoms with van der Waals surface area (Å²) in [5.41, 5.74) is 1.54. The van der Waals surface area contributed by atoms with E-state index in [9.17, 15) is 13.2 Å². The van der Waals surface area contributed by atoms with Crippen LogP contribution in [0.4, 0.5) is 5.69 Å². The number of carbonyl (C=O) groups excluding carboxylic acids is 1. The number of rotatable bonds is 5. The number of halogens is 1. The van der Waals surface area contributed by atoms with Gasteiger partial charge >= 0.3 is 0 Å². The highest BCUT2D eigenvalue weighted by Crippen LogP contribution is 2.28. The molecule has 3 rings (SSSR count). The number of nitrogens with one attached hydrogen (secondary N) is 2. The van der Waals surface area contributed by atoms with Crippen molar-refractivity contribution >= 4 is 50.1 Å². The van der Waals surface area contributed by atoms with Crippen LogP contribution >= 0.6 is 23.4 Å². The van der Waals surface area contributed by atoms with Crippen LogP contribution in [0, 0.1) is 0 Å². The van der Waals surface area contributed by atoms with Crippen molar-refractivity contribution in [3.63, 3.8) is 0 Å². The minimum absolute atomic E-state index is 0.0735. The molecular formula is C17H16ClN3O3S2. The van der Waals surface area contributed by atoms with Crippen molar-refractivity contribution in [1.82, 2.24) is 5.32 Å². The molecule has 0 atom stereocenters. The first-order valence-electron chi connectivity index (χ1n) is 7.79. The summed E-state index contributed by atoms with van der Waals surface area (Å²) in [6, 6.07) is 14.0. The molecule has 1 amide bonds. The number of hydrogen-bond donors (Lipinski definition) is 2. The molecular weight excluding hydrogens is 394 g/mol. The maximum atomic E-state index is 12.1. The topological polar surface area (TPSA) is 87.6 Å². The average molecular weight is 410 g/mol. The summed E-state index contributed by atoms with van der Waals surface area (Å²) in [5.74, 6) is -0.117. The van der Waals surface area contributed by atoms with Gasteiger partial charge in [-0.2, -0.15) is 8.42 Å². The fraction of sp³-hybridized carbons (Fsp3) is 0.176. The van der Waals surface area contributed by atoms with Gasteiger partial charge < -0.3 is 10.6 Å². The van der Waals surface area contributed by atoms with Crippen LogP contribution in [0.5, 0.6) is 0 Å².